The minimum atomic E-state index is -0.0516. The summed E-state index contributed by atoms with van der Waals surface area (Å²) >= 11 is 1.69. The highest BCUT2D eigenvalue weighted by molar-refractivity contribution is 7.98. The van der Waals surface area contributed by atoms with Gasteiger partial charge in [0.25, 0.3) is 0 Å². The van der Waals surface area contributed by atoms with Gasteiger partial charge in [0.15, 0.2) is 5.82 Å². The van der Waals surface area contributed by atoms with Gasteiger partial charge in [-0.1, -0.05) is 23.4 Å². The van der Waals surface area contributed by atoms with Crippen LogP contribution in [0.15, 0.2) is 39.8 Å². The van der Waals surface area contributed by atoms with E-state index in [2.05, 4.69) is 22.3 Å². The zero-order chi connectivity index (χ0) is 12.4. The lowest BCUT2D eigenvalue weighted by Crippen LogP contribution is -2.14. The van der Waals surface area contributed by atoms with E-state index in [0.29, 0.717) is 23.4 Å². The summed E-state index contributed by atoms with van der Waals surface area (Å²) in [5, 5.41) is 3.97. The fourth-order valence-corrected chi connectivity index (χ4v) is 2.55. The van der Waals surface area contributed by atoms with Gasteiger partial charge in [0, 0.05) is 4.90 Å². The van der Waals surface area contributed by atoms with Crippen molar-refractivity contribution >= 4 is 11.8 Å². The second-order valence-corrected chi connectivity index (χ2v) is 5.56. The molecule has 1 aliphatic carbocycles. The maximum Gasteiger partial charge on any atom is 0.237 e. The second-order valence-electron chi connectivity index (χ2n) is 4.51. The van der Waals surface area contributed by atoms with Crippen LogP contribution in [-0.4, -0.2) is 10.1 Å². The van der Waals surface area contributed by atoms with Gasteiger partial charge in [0.1, 0.15) is 0 Å². The van der Waals surface area contributed by atoms with Crippen LogP contribution in [0.5, 0.6) is 0 Å². The highest BCUT2D eigenvalue weighted by Gasteiger charge is 2.32. The van der Waals surface area contributed by atoms with Gasteiger partial charge in [-0.3, -0.25) is 0 Å². The molecule has 3 rings (SSSR count). The first-order valence-electron chi connectivity index (χ1n) is 6.09. The summed E-state index contributed by atoms with van der Waals surface area (Å²) in [6.45, 7) is 0. The summed E-state index contributed by atoms with van der Waals surface area (Å²) in [6.07, 6.45) is 2.37. The van der Waals surface area contributed by atoms with Crippen LogP contribution in [0.4, 0.5) is 0 Å². The van der Waals surface area contributed by atoms with E-state index in [0.717, 1.165) is 0 Å². The van der Waals surface area contributed by atoms with Crippen LogP contribution in [0.2, 0.25) is 0 Å². The summed E-state index contributed by atoms with van der Waals surface area (Å²) in [5.74, 6) is 2.54. The van der Waals surface area contributed by atoms with E-state index in [1.54, 1.807) is 11.8 Å². The Kier molecular flexibility index (Phi) is 3.34. The smallest absolute Gasteiger partial charge is 0.237 e. The Morgan fingerprint density at radius 3 is 2.83 bits per heavy atom. The molecule has 1 fully saturated rings. The van der Waals surface area contributed by atoms with E-state index >= 15 is 0 Å². The highest BCUT2D eigenvalue weighted by atomic mass is 32.2. The molecular weight excluding hydrogens is 246 g/mol. The minimum absolute atomic E-state index is 0.0516. The highest BCUT2D eigenvalue weighted by Crippen LogP contribution is 2.38. The average Bonchev–Trinajstić information content (AvgIpc) is 3.15. The molecule has 1 aromatic carbocycles. The molecule has 2 N–H and O–H groups in total. The first-order chi connectivity index (χ1) is 8.83. The number of hydrogen-bond donors (Lipinski definition) is 1. The largest absolute Gasteiger partial charge is 0.338 e. The average molecular weight is 261 g/mol. The molecule has 1 saturated carbocycles. The van der Waals surface area contributed by atoms with E-state index in [1.807, 2.05) is 18.2 Å². The molecule has 2 aromatic rings. The zero-order valence-corrected chi connectivity index (χ0v) is 10.8. The molecule has 1 aromatic heterocycles. The topological polar surface area (TPSA) is 64.9 Å². The van der Waals surface area contributed by atoms with Gasteiger partial charge in [-0.05, 0) is 30.9 Å². The second kappa shape index (κ2) is 5.12. The van der Waals surface area contributed by atoms with E-state index < -0.39 is 0 Å². The van der Waals surface area contributed by atoms with Crippen molar-refractivity contribution in [3.05, 3.63) is 42.0 Å². The Morgan fingerprint density at radius 2 is 2.11 bits per heavy atom. The SMILES string of the molecule is NC(c1noc(CSc2ccccc2)n1)C1CC1. The normalized spacial score (nSPS) is 16.7. The minimum Gasteiger partial charge on any atom is -0.338 e. The molecule has 18 heavy (non-hydrogen) atoms. The van der Waals surface area contributed by atoms with E-state index in [4.69, 9.17) is 10.3 Å². The molecule has 0 spiro atoms. The first-order valence-corrected chi connectivity index (χ1v) is 7.07. The van der Waals surface area contributed by atoms with Crippen molar-refractivity contribution < 1.29 is 4.52 Å². The van der Waals surface area contributed by atoms with Gasteiger partial charge in [-0.25, -0.2) is 0 Å². The van der Waals surface area contributed by atoms with Gasteiger partial charge < -0.3 is 10.3 Å². The number of nitrogens with zero attached hydrogens (tertiary/aromatic N) is 2. The van der Waals surface area contributed by atoms with Crippen LogP contribution in [0.3, 0.4) is 0 Å². The predicted octanol–water partition coefficient (Wildman–Crippen LogP) is 2.77. The van der Waals surface area contributed by atoms with Gasteiger partial charge in [0.2, 0.25) is 5.89 Å². The molecule has 1 atom stereocenters. The number of thioether (sulfide) groups is 1. The van der Waals surface area contributed by atoms with Crippen molar-refractivity contribution in [1.82, 2.24) is 10.1 Å². The van der Waals surface area contributed by atoms with Gasteiger partial charge >= 0.3 is 0 Å². The Hall–Kier alpha value is -1.33. The van der Waals surface area contributed by atoms with Crippen molar-refractivity contribution in [1.29, 1.82) is 0 Å². The number of aromatic nitrogens is 2. The van der Waals surface area contributed by atoms with Crippen LogP contribution in [0.25, 0.3) is 0 Å². The lowest BCUT2D eigenvalue weighted by atomic mass is 10.2. The van der Waals surface area contributed by atoms with Gasteiger partial charge in [0.05, 0.1) is 11.8 Å². The van der Waals surface area contributed by atoms with E-state index in [-0.39, 0.29) is 6.04 Å². The molecule has 94 valence electrons. The number of rotatable bonds is 5. The van der Waals surface area contributed by atoms with Crippen LogP contribution in [-0.2, 0) is 5.75 Å². The third-order valence-electron chi connectivity index (χ3n) is 3.02. The van der Waals surface area contributed by atoms with Gasteiger partial charge in [-0.15, -0.1) is 11.8 Å². The maximum atomic E-state index is 6.03. The predicted molar refractivity (Wildman–Crippen MR) is 70.0 cm³/mol. The molecule has 1 heterocycles. The molecule has 0 amide bonds. The monoisotopic (exact) mass is 261 g/mol. The third-order valence-corrected chi connectivity index (χ3v) is 4.01. The molecule has 0 radical (unpaired) electrons. The quantitative estimate of drug-likeness (QED) is 0.838. The summed E-state index contributed by atoms with van der Waals surface area (Å²) in [7, 11) is 0. The van der Waals surface area contributed by atoms with Crippen LogP contribution in [0, 0.1) is 5.92 Å². The number of benzene rings is 1. The van der Waals surface area contributed by atoms with E-state index in [9.17, 15) is 0 Å². The Labute approximate surface area is 110 Å². The Bertz CT molecular complexity index is 510. The van der Waals surface area contributed by atoms with Crippen LogP contribution in [0.1, 0.15) is 30.6 Å². The van der Waals surface area contributed by atoms with Crippen molar-refractivity contribution in [2.45, 2.75) is 29.5 Å². The van der Waals surface area contributed by atoms with Crippen LogP contribution < -0.4 is 5.73 Å². The molecule has 1 unspecified atom stereocenters. The first kappa shape index (κ1) is 11.7. The Balaban J connectivity index is 1.60. The Morgan fingerprint density at radius 1 is 1.33 bits per heavy atom. The molecule has 0 bridgehead atoms. The van der Waals surface area contributed by atoms with Crippen molar-refractivity contribution in [3.8, 4) is 0 Å². The molecule has 4 nitrogen and oxygen atoms in total. The summed E-state index contributed by atoms with van der Waals surface area (Å²) < 4.78 is 5.22. The van der Waals surface area contributed by atoms with Crippen molar-refractivity contribution in [2.75, 3.05) is 0 Å². The third kappa shape index (κ3) is 2.73. The molecule has 5 heteroatoms. The van der Waals surface area contributed by atoms with E-state index in [1.165, 1.54) is 17.7 Å². The summed E-state index contributed by atoms with van der Waals surface area (Å²) in [5.41, 5.74) is 6.03. The van der Waals surface area contributed by atoms with Crippen molar-refractivity contribution in [2.24, 2.45) is 11.7 Å². The van der Waals surface area contributed by atoms with Crippen LogP contribution >= 0.6 is 11.8 Å². The van der Waals surface area contributed by atoms with Gasteiger partial charge in [-0.2, -0.15) is 4.98 Å². The molecule has 1 aliphatic rings. The summed E-state index contributed by atoms with van der Waals surface area (Å²) in [4.78, 5) is 5.56. The zero-order valence-electron chi connectivity index (χ0n) is 9.95. The lowest BCUT2D eigenvalue weighted by Gasteiger charge is -2.01. The lowest BCUT2D eigenvalue weighted by molar-refractivity contribution is 0.378. The fraction of sp³-hybridized carbons (Fsp3) is 0.385. The number of nitrogens with two attached hydrogens (primary N) is 1. The molecule has 0 saturated heterocycles. The van der Waals surface area contributed by atoms with Crippen molar-refractivity contribution in [3.63, 3.8) is 0 Å². The number of hydrogen-bond acceptors (Lipinski definition) is 5. The fourth-order valence-electron chi connectivity index (χ4n) is 1.79. The maximum absolute atomic E-state index is 6.03. The molecule has 0 aliphatic heterocycles. The summed E-state index contributed by atoms with van der Waals surface area (Å²) in [6, 6.07) is 10.1. The molecular formula is C13H15N3OS. The standard InChI is InChI=1S/C13H15N3OS/c14-12(9-6-7-9)13-15-11(17-16-13)8-18-10-4-2-1-3-5-10/h1-5,9,12H,6-8,14H2.